The molecule has 0 amide bonds. The molecule has 4 heteroatoms. The number of aryl methyl sites for hydroxylation is 2. The Morgan fingerprint density at radius 2 is 1.83 bits per heavy atom. The molecule has 0 N–H and O–H groups in total. The Kier molecular flexibility index (Phi) is 3.57. The molecule has 2 aromatic carbocycles. The molecule has 2 heterocycles. The van der Waals surface area contributed by atoms with E-state index in [9.17, 15) is 4.79 Å². The van der Waals surface area contributed by atoms with Crippen LogP contribution < -0.4 is 5.63 Å². The predicted molar refractivity (Wildman–Crippen MR) is 99.5 cm³/mol. The molecule has 0 saturated heterocycles. The lowest BCUT2D eigenvalue weighted by Crippen LogP contribution is -2.00. The van der Waals surface area contributed by atoms with E-state index in [0.717, 1.165) is 49.5 Å². The third-order valence-corrected chi connectivity index (χ3v) is 4.89. The molecule has 0 aliphatic heterocycles. The van der Waals surface area contributed by atoms with Crippen molar-refractivity contribution in [1.29, 1.82) is 0 Å². The normalized spacial score (nSPS) is 11.5. The molecule has 0 spiro atoms. The third kappa shape index (κ3) is 2.29. The molecule has 0 aliphatic carbocycles. The average molecular weight is 383 g/mol. The summed E-state index contributed by atoms with van der Waals surface area (Å²) >= 11 is 3.47. The molecule has 0 radical (unpaired) electrons. The Morgan fingerprint density at radius 1 is 1.08 bits per heavy atom. The number of fused-ring (bicyclic) bond motifs is 3. The molecule has 0 atom stereocenters. The van der Waals surface area contributed by atoms with Crippen molar-refractivity contribution in [3.05, 3.63) is 68.7 Å². The maximum atomic E-state index is 11.8. The summed E-state index contributed by atoms with van der Waals surface area (Å²) in [5, 5.41) is 1.95. The number of hydrogen-bond donors (Lipinski definition) is 0. The standard InChI is InChI=1S/C20H15BrO3/c1-3-12-9-17(22)24-16-8-11(2)18-15(10-23-20(18)19(12)16)13-4-6-14(21)7-5-13/h4-10H,3H2,1-2H3. The van der Waals surface area contributed by atoms with Crippen LogP contribution in [0, 0.1) is 6.92 Å². The molecule has 0 bridgehead atoms. The van der Waals surface area contributed by atoms with Crippen molar-refractivity contribution in [2.45, 2.75) is 20.3 Å². The van der Waals surface area contributed by atoms with Gasteiger partial charge in [0.25, 0.3) is 0 Å². The fourth-order valence-corrected chi connectivity index (χ4v) is 3.51. The number of furan rings is 1. The molecule has 4 rings (SSSR count). The van der Waals surface area contributed by atoms with Crippen LogP contribution in [0.25, 0.3) is 33.1 Å². The highest BCUT2D eigenvalue weighted by molar-refractivity contribution is 9.10. The SMILES string of the molecule is CCc1cc(=O)oc2cc(C)c3c(-c4ccc(Br)cc4)coc3c12. The second kappa shape index (κ2) is 5.64. The Bertz CT molecular complexity index is 1120. The van der Waals surface area contributed by atoms with E-state index in [1.807, 2.05) is 32.0 Å². The van der Waals surface area contributed by atoms with Crippen LogP contribution in [-0.4, -0.2) is 0 Å². The zero-order valence-electron chi connectivity index (χ0n) is 13.4. The van der Waals surface area contributed by atoms with Gasteiger partial charge in [-0.3, -0.25) is 0 Å². The predicted octanol–water partition coefficient (Wildman–Crippen LogP) is 5.84. The number of hydrogen-bond acceptors (Lipinski definition) is 3. The summed E-state index contributed by atoms with van der Waals surface area (Å²) in [6, 6.07) is 11.6. The lowest BCUT2D eigenvalue weighted by Gasteiger charge is -2.07. The lowest BCUT2D eigenvalue weighted by atomic mass is 9.97. The van der Waals surface area contributed by atoms with E-state index in [1.165, 1.54) is 0 Å². The second-order valence-corrected chi connectivity index (χ2v) is 6.79. The molecule has 0 unspecified atom stereocenters. The highest BCUT2D eigenvalue weighted by atomic mass is 79.9. The summed E-state index contributed by atoms with van der Waals surface area (Å²) in [4.78, 5) is 11.8. The van der Waals surface area contributed by atoms with Crippen molar-refractivity contribution in [2.75, 3.05) is 0 Å². The Balaban J connectivity index is 2.12. The fourth-order valence-electron chi connectivity index (χ4n) is 3.24. The van der Waals surface area contributed by atoms with E-state index in [4.69, 9.17) is 8.83 Å². The minimum absolute atomic E-state index is 0.321. The van der Waals surface area contributed by atoms with Crippen LogP contribution in [0.1, 0.15) is 18.1 Å². The molecule has 3 nitrogen and oxygen atoms in total. The average Bonchev–Trinajstić information content (AvgIpc) is 3.00. The zero-order valence-corrected chi connectivity index (χ0v) is 14.9. The van der Waals surface area contributed by atoms with Crippen molar-refractivity contribution < 1.29 is 8.83 Å². The Labute approximate surface area is 147 Å². The van der Waals surface area contributed by atoms with E-state index in [2.05, 4.69) is 28.1 Å². The van der Waals surface area contributed by atoms with Crippen LogP contribution in [0.5, 0.6) is 0 Å². The third-order valence-electron chi connectivity index (χ3n) is 4.37. The fraction of sp³-hybridized carbons (Fsp3) is 0.150. The first-order valence-corrected chi connectivity index (χ1v) is 8.61. The maximum absolute atomic E-state index is 11.8. The molecule has 120 valence electrons. The van der Waals surface area contributed by atoms with Crippen LogP contribution in [0.2, 0.25) is 0 Å². The first kappa shape index (κ1) is 15.2. The van der Waals surface area contributed by atoms with Gasteiger partial charge in [-0.1, -0.05) is 35.0 Å². The van der Waals surface area contributed by atoms with E-state index in [0.29, 0.717) is 5.58 Å². The minimum atomic E-state index is -0.321. The zero-order chi connectivity index (χ0) is 16.8. The lowest BCUT2D eigenvalue weighted by molar-refractivity contribution is 0.557. The van der Waals surface area contributed by atoms with E-state index in [-0.39, 0.29) is 5.63 Å². The summed E-state index contributed by atoms with van der Waals surface area (Å²) < 4.78 is 12.4. The monoisotopic (exact) mass is 382 g/mol. The summed E-state index contributed by atoms with van der Waals surface area (Å²) in [5.74, 6) is 0. The molecular weight excluding hydrogens is 368 g/mol. The highest BCUT2D eigenvalue weighted by Crippen LogP contribution is 2.38. The van der Waals surface area contributed by atoms with Gasteiger partial charge in [0.05, 0.1) is 11.6 Å². The second-order valence-electron chi connectivity index (χ2n) is 5.87. The van der Waals surface area contributed by atoms with Gasteiger partial charge in [-0.2, -0.15) is 0 Å². The van der Waals surface area contributed by atoms with E-state index in [1.54, 1.807) is 12.3 Å². The van der Waals surface area contributed by atoms with Gasteiger partial charge in [0.2, 0.25) is 0 Å². The molecular formula is C20H15BrO3. The summed E-state index contributed by atoms with van der Waals surface area (Å²) in [6.07, 6.45) is 2.53. The smallest absolute Gasteiger partial charge is 0.336 e. The Hall–Kier alpha value is -2.33. The Morgan fingerprint density at radius 3 is 2.54 bits per heavy atom. The van der Waals surface area contributed by atoms with Gasteiger partial charge in [0, 0.05) is 21.5 Å². The van der Waals surface area contributed by atoms with E-state index < -0.39 is 0 Å². The molecule has 24 heavy (non-hydrogen) atoms. The van der Waals surface area contributed by atoms with Gasteiger partial charge in [-0.15, -0.1) is 0 Å². The van der Waals surface area contributed by atoms with Crippen molar-refractivity contribution in [3.63, 3.8) is 0 Å². The quantitative estimate of drug-likeness (QED) is 0.409. The number of halogens is 1. The van der Waals surface area contributed by atoms with E-state index >= 15 is 0 Å². The van der Waals surface area contributed by atoms with Crippen LogP contribution in [-0.2, 0) is 6.42 Å². The summed E-state index contributed by atoms with van der Waals surface area (Å²) in [5.41, 5.74) is 5.16. The van der Waals surface area contributed by atoms with Crippen molar-refractivity contribution in [3.8, 4) is 11.1 Å². The maximum Gasteiger partial charge on any atom is 0.336 e. The van der Waals surface area contributed by atoms with Gasteiger partial charge < -0.3 is 8.83 Å². The largest absolute Gasteiger partial charge is 0.463 e. The van der Waals surface area contributed by atoms with Gasteiger partial charge in [-0.25, -0.2) is 4.79 Å². The van der Waals surface area contributed by atoms with Crippen molar-refractivity contribution in [2.24, 2.45) is 0 Å². The first-order valence-electron chi connectivity index (χ1n) is 7.82. The van der Waals surface area contributed by atoms with Gasteiger partial charge in [0.1, 0.15) is 11.2 Å². The highest BCUT2D eigenvalue weighted by Gasteiger charge is 2.17. The molecule has 4 aromatic rings. The molecule has 0 fully saturated rings. The van der Waals surface area contributed by atoms with Gasteiger partial charge >= 0.3 is 5.63 Å². The summed E-state index contributed by atoms with van der Waals surface area (Å²) in [6.45, 7) is 4.04. The molecule has 0 aliphatic rings. The number of rotatable bonds is 2. The van der Waals surface area contributed by atoms with Crippen LogP contribution in [0.3, 0.4) is 0 Å². The van der Waals surface area contributed by atoms with Gasteiger partial charge in [0.15, 0.2) is 0 Å². The van der Waals surface area contributed by atoms with Crippen molar-refractivity contribution >= 4 is 37.9 Å². The van der Waals surface area contributed by atoms with Gasteiger partial charge in [-0.05, 0) is 48.2 Å². The topological polar surface area (TPSA) is 43.4 Å². The molecule has 0 saturated carbocycles. The van der Waals surface area contributed by atoms with Crippen LogP contribution >= 0.6 is 15.9 Å². The van der Waals surface area contributed by atoms with Crippen LogP contribution in [0.4, 0.5) is 0 Å². The minimum Gasteiger partial charge on any atom is -0.463 e. The van der Waals surface area contributed by atoms with Crippen molar-refractivity contribution in [1.82, 2.24) is 0 Å². The molecule has 2 aromatic heterocycles. The van der Waals surface area contributed by atoms with Crippen LogP contribution in [0.15, 0.2) is 60.8 Å². The summed E-state index contributed by atoms with van der Waals surface area (Å²) in [7, 11) is 0. The first-order chi connectivity index (χ1) is 11.6. The number of benzene rings is 2.